The number of benzene rings is 3. The van der Waals surface area contributed by atoms with Gasteiger partial charge in [-0.2, -0.15) is 4.31 Å². The number of hydrogen-bond donors (Lipinski definition) is 1. The van der Waals surface area contributed by atoms with Gasteiger partial charge in [0.05, 0.1) is 31.5 Å². The minimum absolute atomic E-state index is 0.0393. The van der Waals surface area contributed by atoms with Gasteiger partial charge in [-0.05, 0) is 65.8 Å². The third-order valence-electron chi connectivity index (χ3n) is 8.94. The van der Waals surface area contributed by atoms with Crippen LogP contribution in [-0.2, 0) is 26.8 Å². The number of anilines is 1. The summed E-state index contributed by atoms with van der Waals surface area (Å²) in [5.74, 6) is -14.8. The molecule has 47 heavy (non-hydrogen) atoms. The standard InChI is InChI=1S/C33H33F5N2O6S/c1-33(2,3)21-7-5-6-17(12-21)15-39(22-9-8-19(32(42)43)14-24(22)46-4)25(41)16-40(23-13-18-10-20(23)11-18)47(44,45)31-29(37)27(35)26(34)28(36)30(31)38/h5-9,12,14,18,20,23H,10-11,13,15-16H2,1-4H3,(H,42,43)/t18?,20?,23-/m1/s1. The van der Waals surface area contributed by atoms with E-state index >= 15 is 0 Å². The van der Waals surface area contributed by atoms with Gasteiger partial charge in [-0.25, -0.2) is 35.2 Å². The van der Waals surface area contributed by atoms with Crippen molar-refractivity contribution in [1.82, 2.24) is 4.31 Å². The van der Waals surface area contributed by atoms with Crippen LogP contribution in [0, 0.1) is 40.9 Å². The summed E-state index contributed by atoms with van der Waals surface area (Å²) in [7, 11) is -4.23. The van der Waals surface area contributed by atoms with Crippen molar-refractivity contribution in [2.24, 2.45) is 11.8 Å². The second-order valence-corrected chi connectivity index (χ2v) is 14.8. The Kier molecular flexibility index (Phi) is 9.14. The molecule has 0 spiro atoms. The Morgan fingerprint density at radius 1 is 0.915 bits per heavy atom. The van der Waals surface area contributed by atoms with E-state index in [-0.39, 0.29) is 47.2 Å². The maximum absolute atomic E-state index is 15.0. The Bertz CT molecular complexity index is 1830. The summed E-state index contributed by atoms with van der Waals surface area (Å²) in [4.78, 5) is 25.1. The molecule has 0 heterocycles. The molecule has 8 nitrogen and oxygen atoms in total. The number of nitrogens with zero attached hydrogens (tertiary/aromatic N) is 2. The van der Waals surface area contributed by atoms with Crippen LogP contribution in [0.1, 0.15) is 61.5 Å². The Balaban J connectivity index is 1.62. The number of fused-ring (bicyclic) bond motifs is 1. The summed E-state index contributed by atoms with van der Waals surface area (Å²) in [5.41, 5.74) is 1.14. The van der Waals surface area contributed by atoms with Gasteiger partial charge in [0.1, 0.15) is 5.75 Å². The average molecular weight is 681 g/mol. The highest BCUT2D eigenvalue weighted by atomic mass is 32.2. The van der Waals surface area contributed by atoms with Crippen LogP contribution < -0.4 is 9.64 Å². The highest BCUT2D eigenvalue weighted by Gasteiger charge is 2.52. The van der Waals surface area contributed by atoms with Gasteiger partial charge in [-0.1, -0.05) is 45.0 Å². The van der Waals surface area contributed by atoms with E-state index in [9.17, 15) is 45.1 Å². The van der Waals surface area contributed by atoms with E-state index in [1.165, 1.54) is 25.3 Å². The molecule has 14 heteroatoms. The summed E-state index contributed by atoms with van der Waals surface area (Å²) in [6, 6.07) is 10.0. The largest absolute Gasteiger partial charge is 0.495 e. The topological polar surface area (TPSA) is 104 Å². The van der Waals surface area contributed by atoms with Crippen LogP contribution in [0.15, 0.2) is 47.4 Å². The maximum Gasteiger partial charge on any atom is 0.335 e. The molecule has 3 fully saturated rings. The minimum atomic E-state index is -5.48. The van der Waals surface area contributed by atoms with Gasteiger partial charge in [-0.3, -0.25) is 4.79 Å². The summed E-state index contributed by atoms with van der Waals surface area (Å²) >= 11 is 0. The van der Waals surface area contributed by atoms with Crippen LogP contribution in [0.4, 0.5) is 27.6 Å². The molecule has 3 aromatic rings. The van der Waals surface area contributed by atoms with Crippen molar-refractivity contribution >= 4 is 27.6 Å². The van der Waals surface area contributed by atoms with Gasteiger partial charge in [0.2, 0.25) is 21.7 Å². The fourth-order valence-corrected chi connectivity index (χ4v) is 8.13. The van der Waals surface area contributed by atoms with Crippen LogP contribution in [0.5, 0.6) is 5.75 Å². The van der Waals surface area contributed by atoms with E-state index in [0.29, 0.717) is 22.7 Å². The van der Waals surface area contributed by atoms with Crippen LogP contribution in [0.2, 0.25) is 0 Å². The smallest absolute Gasteiger partial charge is 0.335 e. The third kappa shape index (κ3) is 6.32. The molecule has 3 aromatic carbocycles. The van der Waals surface area contributed by atoms with Crippen molar-refractivity contribution in [3.63, 3.8) is 0 Å². The maximum atomic E-state index is 15.0. The van der Waals surface area contributed by atoms with Crippen LogP contribution in [0.3, 0.4) is 0 Å². The lowest BCUT2D eigenvalue weighted by atomic mass is 9.84. The molecule has 1 amide bonds. The first kappa shape index (κ1) is 34.3. The van der Waals surface area contributed by atoms with Crippen LogP contribution in [0.25, 0.3) is 0 Å². The summed E-state index contributed by atoms with van der Waals surface area (Å²) in [6.45, 7) is 4.77. The first-order valence-electron chi connectivity index (χ1n) is 14.8. The Labute approximate surface area is 268 Å². The number of methoxy groups -OCH3 is 1. The summed E-state index contributed by atoms with van der Waals surface area (Å²) < 4.78 is 106. The molecule has 3 aliphatic carbocycles. The van der Waals surface area contributed by atoms with Gasteiger partial charge in [0.15, 0.2) is 28.2 Å². The van der Waals surface area contributed by atoms with E-state index in [4.69, 9.17) is 4.74 Å². The zero-order valence-corrected chi connectivity index (χ0v) is 26.8. The molecule has 3 aliphatic rings. The lowest BCUT2D eigenvalue weighted by molar-refractivity contribution is -0.119. The number of carboxylic acids is 1. The highest BCUT2D eigenvalue weighted by molar-refractivity contribution is 7.89. The Morgan fingerprint density at radius 2 is 1.53 bits per heavy atom. The van der Waals surface area contributed by atoms with Crippen molar-refractivity contribution < 1.29 is 49.8 Å². The zero-order chi connectivity index (χ0) is 34.6. The molecule has 0 radical (unpaired) electrons. The number of aromatic carboxylic acids is 1. The van der Waals surface area contributed by atoms with Gasteiger partial charge in [-0.15, -0.1) is 0 Å². The fraction of sp³-hybridized carbons (Fsp3) is 0.394. The molecule has 6 rings (SSSR count). The molecule has 1 atom stereocenters. The molecule has 0 aromatic heterocycles. The van der Waals surface area contributed by atoms with E-state index in [0.717, 1.165) is 10.5 Å². The number of halogens is 5. The van der Waals surface area contributed by atoms with Gasteiger partial charge < -0.3 is 14.7 Å². The van der Waals surface area contributed by atoms with Gasteiger partial charge >= 0.3 is 5.97 Å². The monoisotopic (exact) mass is 680 g/mol. The fourth-order valence-electron chi connectivity index (χ4n) is 6.37. The molecule has 3 saturated carbocycles. The molecule has 252 valence electrons. The van der Waals surface area contributed by atoms with Crippen molar-refractivity contribution in [3.05, 3.63) is 88.2 Å². The molecular weight excluding hydrogens is 647 g/mol. The Hall–Kier alpha value is -4.04. The van der Waals surface area contributed by atoms with Crippen LogP contribution in [-0.4, -0.2) is 49.4 Å². The lowest BCUT2D eigenvalue weighted by Gasteiger charge is -2.34. The second-order valence-electron chi connectivity index (χ2n) is 13.0. The number of carboxylic acid groups (broad SMARTS) is 1. The molecule has 1 N–H and O–H groups in total. The minimum Gasteiger partial charge on any atom is -0.495 e. The number of rotatable bonds is 10. The lowest BCUT2D eigenvalue weighted by Crippen LogP contribution is -2.48. The second kappa shape index (κ2) is 12.5. The number of ether oxygens (including phenoxy) is 1. The zero-order valence-electron chi connectivity index (χ0n) is 26.0. The van der Waals surface area contributed by atoms with E-state index in [1.807, 2.05) is 32.9 Å². The quantitative estimate of drug-likeness (QED) is 0.151. The normalized spacial score (nSPS) is 19.1. The molecule has 2 bridgehead atoms. The predicted molar refractivity (Wildman–Crippen MR) is 161 cm³/mol. The first-order chi connectivity index (χ1) is 21.9. The number of carbonyl (C=O) groups is 2. The van der Waals surface area contributed by atoms with E-state index in [2.05, 4.69) is 0 Å². The number of amides is 1. The van der Waals surface area contributed by atoms with Crippen molar-refractivity contribution in [2.75, 3.05) is 18.6 Å². The van der Waals surface area contributed by atoms with Crippen LogP contribution >= 0.6 is 0 Å². The molecular formula is C33H33F5N2O6S. The summed E-state index contributed by atoms with van der Waals surface area (Å²) in [6.07, 6.45) is 1.39. The summed E-state index contributed by atoms with van der Waals surface area (Å²) in [5, 5.41) is 9.51. The number of sulfonamides is 1. The van der Waals surface area contributed by atoms with Gasteiger partial charge in [0.25, 0.3) is 0 Å². The number of carbonyl (C=O) groups excluding carboxylic acids is 1. The molecule has 0 aliphatic heterocycles. The average Bonchev–Trinajstić information content (AvgIpc) is 3.61. The number of hydrogen-bond acceptors (Lipinski definition) is 5. The predicted octanol–water partition coefficient (Wildman–Crippen LogP) is 6.41. The third-order valence-corrected chi connectivity index (χ3v) is 10.8. The van der Waals surface area contributed by atoms with Crippen molar-refractivity contribution in [1.29, 1.82) is 0 Å². The van der Waals surface area contributed by atoms with E-state index < -0.39 is 68.5 Å². The molecule has 0 unspecified atom stereocenters. The van der Waals surface area contributed by atoms with Crippen molar-refractivity contribution in [2.45, 2.75) is 62.9 Å². The van der Waals surface area contributed by atoms with Crippen molar-refractivity contribution in [3.8, 4) is 5.75 Å². The van der Waals surface area contributed by atoms with E-state index in [1.54, 1.807) is 12.1 Å². The highest BCUT2D eigenvalue weighted by Crippen LogP contribution is 2.52. The Morgan fingerprint density at radius 3 is 2.06 bits per heavy atom. The van der Waals surface area contributed by atoms with Gasteiger partial charge in [0, 0.05) is 6.04 Å². The SMILES string of the molecule is COc1cc(C(=O)O)ccc1N(Cc1cccc(C(C)(C)C)c1)C(=O)CN([C@@H]1CC2CC1C2)S(=O)(=O)c1c(F)c(F)c(F)c(F)c1F. The molecule has 0 saturated heterocycles. The first-order valence-corrected chi connectivity index (χ1v) is 16.2.